The molecular weight excluding hydrogens is 366 g/mol. The lowest BCUT2D eigenvalue weighted by molar-refractivity contribution is -0.127. The maximum atomic E-state index is 12.8. The van der Waals surface area contributed by atoms with E-state index < -0.39 is 0 Å². The van der Waals surface area contributed by atoms with Crippen LogP contribution in [0, 0.1) is 0 Å². The summed E-state index contributed by atoms with van der Waals surface area (Å²) in [6.45, 7) is 1.95. The summed E-state index contributed by atoms with van der Waals surface area (Å²) in [5.74, 6) is 0.966. The standard InChI is InChI=1S/C19H21N3O4S/c1-25-16-9-14(10-17(11-16)26-2)19(24)22-7-5-21(6-8-22)18(23)4-3-15-12-27-13-20-15/h3-4,9-13H,5-8H2,1-2H3/b4-3+. The fourth-order valence-electron chi connectivity index (χ4n) is 2.81. The minimum Gasteiger partial charge on any atom is -0.497 e. The number of methoxy groups -OCH3 is 2. The van der Waals surface area contributed by atoms with E-state index >= 15 is 0 Å². The van der Waals surface area contributed by atoms with Gasteiger partial charge in [-0.2, -0.15) is 0 Å². The van der Waals surface area contributed by atoms with Crippen molar-refractivity contribution < 1.29 is 19.1 Å². The number of aromatic nitrogens is 1. The summed E-state index contributed by atoms with van der Waals surface area (Å²) < 4.78 is 10.5. The van der Waals surface area contributed by atoms with E-state index in [1.807, 2.05) is 5.38 Å². The topological polar surface area (TPSA) is 72.0 Å². The zero-order valence-corrected chi connectivity index (χ0v) is 16.1. The van der Waals surface area contributed by atoms with Crippen molar-refractivity contribution in [3.8, 4) is 11.5 Å². The average molecular weight is 387 g/mol. The van der Waals surface area contributed by atoms with E-state index in [2.05, 4.69) is 4.98 Å². The minimum absolute atomic E-state index is 0.0712. The number of benzene rings is 1. The highest BCUT2D eigenvalue weighted by Crippen LogP contribution is 2.23. The van der Waals surface area contributed by atoms with Gasteiger partial charge in [-0.25, -0.2) is 4.98 Å². The van der Waals surface area contributed by atoms with E-state index in [9.17, 15) is 9.59 Å². The van der Waals surface area contributed by atoms with E-state index in [1.165, 1.54) is 17.4 Å². The first kappa shape index (κ1) is 18.9. The maximum absolute atomic E-state index is 12.8. The van der Waals surface area contributed by atoms with Crippen molar-refractivity contribution in [3.63, 3.8) is 0 Å². The SMILES string of the molecule is COc1cc(OC)cc(C(=O)N2CCN(C(=O)/C=C/c3cscn3)CC2)c1. The second-order valence-corrected chi connectivity index (χ2v) is 6.68. The quantitative estimate of drug-likeness (QED) is 0.735. The van der Waals surface area contributed by atoms with Gasteiger partial charge >= 0.3 is 0 Å². The van der Waals surface area contributed by atoms with Crippen LogP contribution in [-0.4, -0.2) is 67.0 Å². The molecule has 0 unspecified atom stereocenters. The van der Waals surface area contributed by atoms with Crippen LogP contribution in [0.3, 0.4) is 0 Å². The number of nitrogens with zero attached hydrogens (tertiary/aromatic N) is 3. The molecule has 1 fully saturated rings. The van der Waals surface area contributed by atoms with Crippen LogP contribution in [0.4, 0.5) is 0 Å². The first-order valence-electron chi connectivity index (χ1n) is 8.48. The van der Waals surface area contributed by atoms with E-state index in [0.29, 0.717) is 43.2 Å². The Morgan fingerprint density at radius 1 is 1.04 bits per heavy atom. The van der Waals surface area contributed by atoms with E-state index in [-0.39, 0.29) is 11.8 Å². The van der Waals surface area contributed by atoms with Gasteiger partial charge in [0.05, 0.1) is 25.4 Å². The molecule has 1 aliphatic rings. The predicted octanol–water partition coefficient (Wildman–Crippen LogP) is 2.16. The Morgan fingerprint density at radius 3 is 2.22 bits per heavy atom. The molecule has 3 rings (SSSR count). The summed E-state index contributed by atoms with van der Waals surface area (Å²) in [4.78, 5) is 32.7. The van der Waals surface area contributed by atoms with Crippen LogP contribution >= 0.6 is 11.3 Å². The molecule has 1 aromatic heterocycles. The molecule has 0 atom stereocenters. The zero-order valence-electron chi connectivity index (χ0n) is 15.3. The van der Waals surface area contributed by atoms with E-state index in [1.54, 1.807) is 53.8 Å². The molecule has 0 aliphatic carbocycles. The molecule has 2 heterocycles. The van der Waals surface area contributed by atoms with Crippen LogP contribution in [0.5, 0.6) is 11.5 Å². The maximum Gasteiger partial charge on any atom is 0.254 e. The minimum atomic E-state index is -0.0997. The third-order valence-corrected chi connectivity index (χ3v) is 4.93. The Morgan fingerprint density at radius 2 is 1.67 bits per heavy atom. The highest BCUT2D eigenvalue weighted by molar-refractivity contribution is 7.07. The van der Waals surface area contributed by atoms with Crippen LogP contribution in [0.2, 0.25) is 0 Å². The Balaban J connectivity index is 1.60. The molecule has 1 saturated heterocycles. The third kappa shape index (κ3) is 4.65. The number of hydrogen-bond donors (Lipinski definition) is 0. The smallest absolute Gasteiger partial charge is 0.254 e. The van der Waals surface area contributed by atoms with Crippen molar-refractivity contribution in [3.05, 3.63) is 46.4 Å². The number of piperazine rings is 1. The van der Waals surface area contributed by atoms with Gasteiger partial charge in [-0.15, -0.1) is 11.3 Å². The second-order valence-electron chi connectivity index (χ2n) is 5.97. The lowest BCUT2D eigenvalue weighted by Crippen LogP contribution is -2.50. The molecule has 0 radical (unpaired) electrons. The molecule has 1 aliphatic heterocycles. The fraction of sp³-hybridized carbons (Fsp3) is 0.316. The molecule has 2 amide bonds. The van der Waals surface area contributed by atoms with Crippen molar-refractivity contribution in [1.82, 2.24) is 14.8 Å². The normalized spacial score (nSPS) is 14.4. The van der Waals surface area contributed by atoms with Gasteiger partial charge in [0.15, 0.2) is 0 Å². The summed E-state index contributed by atoms with van der Waals surface area (Å²) in [7, 11) is 3.10. The molecule has 0 saturated carbocycles. The first-order valence-corrected chi connectivity index (χ1v) is 9.42. The van der Waals surface area contributed by atoms with E-state index in [4.69, 9.17) is 9.47 Å². The molecule has 8 heteroatoms. The number of ether oxygens (including phenoxy) is 2. The number of rotatable bonds is 5. The summed E-state index contributed by atoms with van der Waals surface area (Å²) in [6, 6.07) is 5.11. The Bertz CT molecular complexity index is 805. The van der Waals surface area contributed by atoms with Gasteiger partial charge in [0, 0.05) is 49.3 Å². The molecule has 0 spiro atoms. The molecule has 0 N–H and O–H groups in total. The van der Waals surface area contributed by atoms with Crippen molar-refractivity contribution in [2.45, 2.75) is 0 Å². The lowest BCUT2D eigenvalue weighted by Gasteiger charge is -2.34. The molecule has 142 valence electrons. The molecule has 7 nitrogen and oxygen atoms in total. The number of amides is 2. The Kier molecular flexibility index (Phi) is 6.08. The van der Waals surface area contributed by atoms with Crippen molar-refractivity contribution in [2.24, 2.45) is 0 Å². The number of hydrogen-bond acceptors (Lipinski definition) is 6. The van der Waals surface area contributed by atoms with Crippen LogP contribution < -0.4 is 9.47 Å². The summed E-state index contributed by atoms with van der Waals surface area (Å²) >= 11 is 1.48. The van der Waals surface area contributed by atoms with Crippen molar-refractivity contribution >= 4 is 29.2 Å². The molecule has 0 bridgehead atoms. The lowest BCUT2D eigenvalue weighted by atomic mass is 10.1. The number of thiazole rings is 1. The summed E-state index contributed by atoms with van der Waals surface area (Å²) in [5.41, 5.74) is 3.01. The van der Waals surface area contributed by atoms with Crippen LogP contribution in [0.1, 0.15) is 16.1 Å². The Hall–Kier alpha value is -2.87. The highest BCUT2D eigenvalue weighted by Gasteiger charge is 2.24. The molecular formula is C19H21N3O4S. The van der Waals surface area contributed by atoms with Gasteiger partial charge < -0.3 is 19.3 Å². The van der Waals surface area contributed by atoms with Crippen LogP contribution in [0.15, 0.2) is 35.2 Å². The number of carbonyl (C=O) groups is 2. The van der Waals surface area contributed by atoms with Crippen LogP contribution in [-0.2, 0) is 4.79 Å². The molecule has 1 aromatic carbocycles. The van der Waals surface area contributed by atoms with Gasteiger partial charge in [-0.05, 0) is 18.2 Å². The molecule has 2 aromatic rings. The summed E-state index contributed by atoms with van der Waals surface area (Å²) in [6.07, 6.45) is 3.23. The van der Waals surface area contributed by atoms with Crippen molar-refractivity contribution in [1.29, 1.82) is 0 Å². The van der Waals surface area contributed by atoms with Gasteiger partial charge in [0.1, 0.15) is 11.5 Å². The second kappa shape index (κ2) is 8.68. The Labute approximate surface area is 161 Å². The van der Waals surface area contributed by atoms with Gasteiger partial charge in [0.2, 0.25) is 5.91 Å². The predicted molar refractivity (Wildman–Crippen MR) is 103 cm³/mol. The first-order chi connectivity index (χ1) is 13.1. The summed E-state index contributed by atoms with van der Waals surface area (Å²) in [5, 5.41) is 1.88. The fourth-order valence-corrected chi connectivity index (χ4v) is 3.33. The molecule has 27 heavy (non-hydrogen) atoms. The third-order valence-electron chi connectivity index (χ3n) is 4.33. The van der Waals surface area contributed by atoms with Gasteiger partial charge in [-0.1, -0.05) is 0 Å². The van der Waals surface area contributed by atoms with Gasteiger partial charge in [-0.3, -0.25) is 9.59 Å². The zero-order chi connectivity index (χ0) is 19.2. The monoisotopic (exact) mass is 387 g/mol. The van der Waals surface area contributed by atoms with E-state index in [0.717, 1.165) is 5.69 Å². The van der Waals surface area contributed by atoms with Crippen LogP contribution in [0.25, 0.3) is 6.08 Å². The number of carbonyl (C=O) groups excluding carboxylic acids is 2. The highest BCUT2D eigenvalue weighted by atomic mass is 32.1. The van der Waals surface area contributed by atoms with Crippen molar-refractivity contribution in [2.75, 3.05) is 40.4 Å². The average Bonchev–Trinajstić information content (AvgIpc) is 3.24. The van der Waals surface area contributed by atoms with Gasteiger partial charge in [0.25, 0.3) is 5.91 Å². The largest absolute Gasteiger partial charge is 0.497 e.